The molecule has 1 saturated carbocycles. The van der Waals surface area contributed by atoms with E-state index in [1.807, 2.05) is 0 Å². The summed E-state index contributed by atoms with van der Waals surface area (Å²) in [6.07, 6.45) is 2.11. The summed E-state index contributed by atoms with van der Waals surface area (Å²) in [4.78, 5) is 10.9. The first-order valence-corrected chi connectivity index (χ1v) is 4.21. The van der Waals surface area contributed by atoms with Crippen LogP contribution in [0, 0.1) is 5.82 Å². The third kappa shape index (κ3) is 1.54. The summed E-state index contributed by atoms with van der Waals surface area (Å²) >= 11 is 0. The van der Waals surface area contributed by atoms with Crippen molar-refractivity contribution in [3.8, 4) is 5.75 Å². The van der Waals surface area contributed by atoms with E-state index in [0.717, 1.165) is 24.5 Å². The predicted molar refractivity (Wildman–Crippen MR) is 46.3 cm³/mol. The standard InChI is InChI=1S/C10H9FO2/c11-8-4-3-7(6-1-2-6)5-9(12)10(8)13/h3-6H,1-2H2,(H,12,13). The molecule has 1 aliphatic carbocycles. The monoisotopic (exact) mass is 180 g/mol. The van der Waals surface area contributed by atoms with Crippen LogP contribution in [0.3, 0.4) is 0 Å². The number of hydrogen-bond donors (Lipinski definition) is 1. The van der Waals surface area contributed by atoms with Crippen molar-refractivity contribution < 1.29 is 9.50 Å². The highest BCUT2D eigenvalue weighted by molar-refractivity contribution is 5.31. The molecule has 3 heteroatoms. The lowest BCUT2D eigenvalue weighted by molar-refractivity contribution is 0.463. The topological polar surface area (TPSA) is 37.3 Å². The fourth-order valence-corrected chi connectivity index (χ4v) is 1.31. The molecule has 0 saturated heterocycles. The molecule has 1 aromatic rings. The summed E-state index contributed by atoms with van der Waals surface area (Å²) in [7, 11) is 0. The van der Waals surface area contributed by atoms with Crippen LogP contribution in [0.4, 0.5) is 4.39 Å². The number of halogens is 1. The van der Waals surface area contributed by atoms with Gasteiger partial charge in [-0.15, -0.1) is 0 Å². The van der Waals surface area contributed by atoms with Gasteiger partial charge in [-0.25, -0.2) is 4.39 Å². The van der Waals surface area contributed by atoms with Crippen LogP contribution in [-0.2, 0) is 0 Å². The molecule has 0 aromatic heterocycles. The Morgan fingerprint density at radius 3 is 2.69 bits per heavy atom. The second-order valence-electron chi connectivity index (χ2n) is 3.31. The number of aromatic hydroxyl groups is 1. The summed E-state index contributed by atoms with van der Waals surface area (Å²) in [5, 5.41) is 9.17. The molecule has 0 unspecified atom stereocenters. The Balaban J connectivity index is 2.59. The molecule has 0 heterocycles. The Hall–Kier alpha value is -1.38. The van der Waals surface area contributed by atoms with Crippen LogP contribution in [0.1, 0.15) is 24.3 Å². The van der Waals surface area contributed by atoms with E-state index in [1.54, 1.807) is 6.07 Å². The average molecular weight is 180 g/mol. The third-order valence-corrected chi connectivity index (χ3v) is 2.22. The first-order chi connectivity index (χ1) is 6.18. The van der Waals surface area contributed by atoms with Crippen molar-refractivity contribution in [1.82, 2.24) is 0 Å². The molecule has 2 nitrogen and oxygen atoms in total. The first kappa shape index (κ1) is 8.23. The Labute approximate surface area is 74.7 Å². The van der Waals surface area contributed by atoms with Crippen molar-refractivity contribution in [2.24, 2.45) is 0 Å². The molecule has 1 fully saturated rings. The molecular weight excluding hydrogens is 171 g/mol. The van der Waals surface area contributed by atoms with E-state index in [4.69, 9.17) is 5.11 Å². The molecule has 0 aliphatic heterocycles. The molecule has 0 bridgehead atoms. The molecule has 13 heavy (non-hydrogen) atoms. The zero-order valence-corrected chi connectivity index (χ0v) is 6.96. The average Bonchev–Trinajstić information content (AvgIpc) is 2.91. The van der Waals surface area contributed by atoms with Crippen LogP contribution in [0.2, 0.25) is 0 Å². The van der Waals surface area contributed by atoms with E-state index in [0.29, 0.717) is 5.92 Å². The lowest BCUT2D eigenvalue weighted by atomic mass is 10.2. The van der Waals surface area contributed by atoms with Crippen LogP contribution < -0.4 is 5.43 Å². The fraction of sp³-hybridized carbons (Fsp3) is 0.300. The Kier molecular flexibility index (Phi) is 1.79. The van der Waals surface area contributed by atoms with Gasteiger partial charge in [0.05, 0.1) is 0 Å². The fourth-order valence-electron chi connectivity index (χ4n) is 1.31. The molecule has 0 amide bonds. The minimum atomic E-state index is -0.924. The summed E-state index contributed by atoms with van der Waals surface area (Å²) in [6, 6.07) is 4.05. The van der Waals surface area contributed by atoms with Gasteiger partial charge in [-0.3, -0.25) is 4.79 Å². The molecule has 68 valence electrons. The van der Waals surface area contributed by atoms with Gasteiger partial charge >= 0.3 is 0 Å². The molecule has 2 rings (SSSR count). The Morgan fingerprint density at radius 2 is 2.08 bits per heavy atom. The maximum Gasteiger partial charge on any atom is 0.255 e. The third-order valence-electron chi connectivity index (χ3n) is 2.22. The van der Waals surface area contributed by atoms with E-state index in [2.05, 4.69) is 0 Å². The lowest BCUT2D eigenvalue weighted by Crippen LogP contribution is -2.00. The number of hydrogen-bond acceptors (Lipinski definition) is 2. The van der Waals surface area contributed by atoms with Crippen molar-refractivity contribution in [3.63, 3.8) is 0 Å². The summed E-state index contributed by atoms with van der Waals surface area (Å²) < 4.78 is 12.8. The van der Waals surface area contributed by atoms with Gasteiger partial charge in [0.1, 0.15) is 0 Å². The van der Waals surface area contributed by atoms with Crippen LogP contribution in [0.5, 0.6) is 5.75 Å². The van der Waals surface area contributed by atoms with Crippen LogP contribution >= 0.6 is 0 Å². The first-order valence-electron chi connectivity index (χ1n) is 4.21. The molecule has 1 N–H and O–H groups in total. The highest BCUT2D eigenvalue weighted by atomic mass is 19.1. The second kappa shape index (κ2) is 2.83. The van der Waals surface area contributed by atoms with Crippen molar-refractivity contribution in [1.29, 1.82) is 0 Å². The quantitative estimate of drug-likeness (QED) is 0.715. The zero-order valence-electron chi connectivity index (χ0n) is 6.96. The van der Waals surface area contributed by atoms with E-state index in [9.17, 15) is 9.18 Å². The Morgan fingerprint density at radius 1 is 1.38 bits per heavy atom. The zero-order chi connectivity index (χ0) is 9.42. The maximum absolute atomic E-state index is 12.8. The van der Waals surface area contributed by atoms with E-state index in [1.165, 1.54) is 6.07 Å². The Bertz CT molecular complexity index is 397. The molecule has 0 radical (unpaired) electrons. The lowest BCUT2D eigenvalue weighted by Gasteiger charge is -1.89. The van der Waals surface area contributed by atoms with Crippen molar-refractivity contribution in [3.05, 3.63) is 39.8 Å². The van der Waals surface area contributed by atoms with Crippen LogP contribution in [0.25, 0.3) is 0 Å². The van der Waals surface area contributed by atoms with Gasteiger partial charge in [0.25, 0.3) is 5.43 Å². The minimum Gasteiger partial charge on any atom is -0.504 e. The minimum absolute atomic E-state index is 0.400. The summed E-state index contributed by atoms with van der Waals surface area (Å²) in [6.45, 7) is 0. The van der Waals surface area contributed by atoms with Gasteiger partial charge in [-0.05, 0) is 36.5 Å². The predicted octanol–water partition coefficient (Wildman–Crippen LogP) is 1.77. The van der Waals surface area contributed by atoms with Gasteiger partial charge in [-0.1, -0.05) is 6.07 Å². The largest absolute Gasteiger partial charge is 0.504 e. The number of rotatable bonds is 1. The molecule has 0 spiro atoms. The summed E-state index contributed by atoms with van der Waals surface area (Å²) in [5.41, 5.74) is -0.0783. The normalized spacial score (nSPS) is 15.8. The van der Waals surface area contributed by atoms with E-state index in [-0.39, 0.29) is 0 Å². The van der Waals surface area contributed by atoms with E-state index < -0.39 is 17.0 Å². The SMILES string of the molecule is O=c1c(O)cc(C2CC2)ccc1F. The molecule has 1 aromatic carbocycles. The van der Waals surface area contributed by atoms with Crippen LogP contribution in [0.15, 0.2) is 23.0 Å². The van der Waals surface area contributed by atoms with Gasteiger partial charge < -0.3 is 5.11 Å². The molecule has 0 atom stereocenters. The van der Waals surface area contributed by atoms with Gasteiger partial charge in [0.15, 0.2) is 11.6 Å². The van der Waals surface area contributed by atoms with Gasteiger partial charge in [0, 0.05) is 0 Å². The molecular formula is C10H9FO2. The van der Waals surface area contributed by atoms with Gasteiger partial charge in [0.2, 0.25) is 0 Å². The van der Waals surface area contributed by atoms with Crippen molar-refractivity contribution >= 4 is 0 Å². The summed E-state index contributed by atoms with van der Waals surface area (Å²) in [5.74, 6) is -0.995. The van der Waals surface area contributed by atoms with Crippen molar-refractivity contribution in [2.45, 2.75) is 18.8 Å². The van der Waals surface area contributed by atoms with E-state index >= 15 is 0 Å². The molecule has 1 aliphatic rings. The maximum atomic E-state index is 12.8. The smallest absolute Gasteiger partial charge is 0.255 e. The highest BCUT2D eigenvalue weighted by Crippen LogP contribution is 2.40. The second-order valence-corrected chi connectivity index (χ2v) is 3.31. The van der Waals surface area contributed by atoms with Crippen molar-refractivity contribution in [2.75, 3.05) is 0 Å². The van der Waals surface area contributed by atoms with Crippen LogP contribution in [-0.4, -0.2) is 5.11 Å². The van der Waals surface area contributed by atoms with Gasteiger partial charge in [-0.2, -0.15) is 0 Å². The highest BCUT2D eigenvalue weighted by Gasteiger charge is 2.23.